The van der Waals surface area contributed by atoms with Crippen LogP contribution in [0.15, 0.2) is 0 Å². The minimum atomic E-state index is -0.324. The van der Waals surface area contributed by atoms with Gasteiger partial charge in [0.1, 0.15) is 6.10 Å². The van der Waals surface area contributed by atoms with Gasteiger partial charge in [-0.05, 0) is 12.6 Å². The first-order valence-electron chi connectivity index (χ1n) is 4.95. The fourth-order valence-electron chi connectivity index (χ4n) is 2.59. The zero-order valence-corrected chi connectivity index (χ0v) is 8.43. The summed E-state index contributed by atoms with van der Waals surface area (Å²) in [6.07, 6.45) is 1.85. The number of fused-ring (bicyclic) bond motifs is 1. The number of hydrogen-bond donors (Lipinski definition) is 1. The maximum absolute atomic E-state index is 11.4. The monoisotopic (exact) mass is 211 g/mol. The predicted octanol–water partition coefficient (Wildman–Crippen LogP) is 0.377. The van der Waals surface area contributed by atoms with E-state index < -0.39 is 0 Å². The number of carbonyl (C=O) groups excluding carboxylic acids is 2. The first kappa shape index (κ1) is 10.1. The second kappa shape index (κ2) is 3.64. The highest BCUT2D eigenvalue weighted by atomic mass is 16.6. The molecule has 2 fully saturated rings. The number of ether oxygens (including phenoxy) is 2. The molecule has 1 heterocycles. The molecule has 0 spiro atoms. The van der Waals surface area contributed by atoms with Crippen LogP contribution >= 0.6 is 0 Å². The molecule has 0 aromatic rings. The lowest BCUT2D eigenvalue weighted by Crippen LogP contribution is -2.24. The van der Waals surface area contributed by atoms with Gasteiger partial charge in [0.15, 0.2) is 0 Å². The van der Waals surface area contributed by atoms with Gasteiger partial charge in [-0.15, -0.1) is 0 Å². The third-order valence-electron chi connectivity index (χ3n) is 3.30. The Labute approximate surface area is 87.2 Å². The van der Waals surface area contributed by atoms with Gasteiger partial charge in [-0.3, -0.25) is 9.59 Å². The topological polar surface area (TPSA) is 76.5 Å². The summed E-state index contributed by atoms with van der Waals surface area (Å²) in [6.45, 7) is 0. The van der Waals surface area contributed by atoms with Crippen LogP contribution in [0, 0.1) is 23.2 Å². The lowest BCUT2D eigenvalue weighted by Gasteiger charge is -2.15. The molecule has 0 aromatic carbocycles. The van der Waals surface area contributed by atoms with Crippen molar-refractivity contribution < 1.29 is 19.1 Å². The molecule has 5 nitrogen and oxygen atoms in total. The van der Waals surface area contributed by atoms with E-state index in [4.69, 9.17) is 10.1 Å². The van der Waals surface area contributed by atoms with Crippen molar-refractivity contribution in [3.8, 4) is 0 Å². The molecule has 1 N–H and O–H groups in total. The van der Waals surface area contributed by atoms with Crippen molar-refractivity contribution in [3.63, 3.8) is 0 Å². The van der Waals surface area contributed by atoms with Crippen molar-refractivity contribution in [2.24, 2.45) is 17.8 Å². The van der Waals surface area contributed by atoms with E-state index in [1.165, 1.54) is 13.3 Å². The van der Waals surface area contributed by atoms with E-state index in [1.807, 2.05) is 0 Å². The van der Waals surface area contributed by atoms with Crippen molar-refractivity contribution in [2.75, 3.05) is 7.11 Å². The lowest BCUT2D eigenvalue weighted by atomic mass is 9.89. The van der Waals surface area contributed by atoms with Gasteiger partial charge >= 0.3 is 11.9 Å². The van der Waals surface area contributed by atoms with Gasteiger partial charge in [0.2, 0.25) is 0 Å². The molecule has 1 aliphatic carbocycles. The Hall–Kier alpha value is -1.39. The standard InChI is InChI=1S/C10H13NO4/c1-14-10(13)6-2-8-5(7(6)4-11)3-9(12)15-8/h4-8,11H,2-3H2,1H3. The number of carbonyl (C=O) groups is 2. The first-order valence-corrected chi connectivity index (χ1v) is 4.95. The summed E-state index contributed by atoms with van der Waals surface area (Å²) in [5.41, 5.74) is 0. The third kappa shape index (κ3) is 1.52. The van der Waals surface area contributed by atoms with Crippen LogP contribution in [0.5, 0.6) is 0 Å². The fourth-order valence-corrected chi connectivity index (χ4v) is 2.59. The number of methoxy groups -OCH3 is 1. The quantitative estimate of drug-likeness (QED) is 0.529. The van der Waals surface area contributed by atoms with Crippen LogP contribution in [0.2, 0.25) is 0 Å². The van der Waals surface area contributed by atoms with Crippen molar-refractivity contribution in [3.05, 3.63) is 0 Å². The second-order valence-corrected chi connectivity index (χ2v) is 4.01. The Morgan fingerprint density at radius 3 is 3.00 bits per heavy atom. The summed E-state index contributed by atoms with van der Waals surface area (Å²) < 4.78 is 9.77. The van der Waals surface area contributed by atoms with E-state index in [1.54, 1.807) is 0 Å². The third-order valence-corrected chi connectivity index (χ3v) is 3.30. The first-order chi connectivity index (χ1) is 7.17. The fraction of sp³-hybridized carbons (Fsp3) is 0.700. The van der Waals surface area contributed by atoms with E-state index in [0.29, 0.717) is 12.8 Å². The Kier molecular flexibility index (Phi) is 2.46. The molecular formula is C10H13NO4. The molecule has 0 aromatic heterocycles. The SMILES string of the molecule is COC(=O)C1CC2OC(=O)CC2C1C=N. The number of hydrogen-bond acceptors (Lipinski definition) is 5. The number of esters is 2. The molecule has 82 valence electrons. The summed E-state index contributed by atoms with van der Waals surface area (Å²) in [7, 11) is 1.34. The maximum atomic E-state index is 11.4. The molecule has 4 atom stereocenters. The average molecular weight is 211 g/mol. The minimum Gasteiger partial charge on any atom is -0.469 e. The van der Waals surface area contributed by atoms with Crippen molar-refractivity contribution >= 4 is 18.2 Å². The maximum Gasteiger partial charge on any atom is 0.309 e. The Bertz CT molecular complexity index is 315. The summed E-state index contributed by atoms with van der Waals surface area (Å²) in [6, 6.07) is 0. The zero-order valence-electron chi connectivity index (χ0n) is 8.43. The lowest BCUT2D eigenvalue weighted by molar-refractivity contribution is -0.148. The molecule has 0 amide bonds. The van der Waals surface area contributed by atoms with Crippen LogP contribution in [0.1, 0.15) is 12.8 Å². The highest BCUT2D eigenvalue weighted by molar-refractivity contribution is 5.81. The molecule has 15 heavy (non-hydrogen) atoms. The van der Waals surface area contributed by atoms with Crippen LogP contribution in [0.25, 0.3) is 0 Å². The van der Waals surface area contributed by atoms with E-state index in [2.05, 4.69) is 4.74 Å². The zero-order chi connectivity index (χ0) is 11.0. The van der Waals surface area contributed by atoms with Gasteiger partial charge in [-0.1, -0.05) is 0 Å². The summed E-state index contributed by atoms with van der Waals surface area (Å²) in [5, 5.41) is 7.32. The molecule has 0 bridgehead atoms. The predicted molar refractivity (Wildman–Crippen MR) is 50.4 cm³/mol. The van der Waals surface area contributed by atoms with Crippen LogP contribution in [-0.4, -0.2) is 31.4 Å². The number of rotatable bonds is 2. The molecule has 0 radical (unpaired) electrons. The van der Waals surface area contributed by atoms with Crippen LogP contribution in [-0.2, 0) is 19.1 Å². The largest absolute Gasteiger partial charge is 0.469 e. The van der Waals surface area contributed by atoms with Gasteiger partial charge in [0, 0.05) is 11.8 Å². The van der Waals surface area contributed by atoms with Gasteiger partial charge in [0.25, 0.3) is 0 Å². The summed E-state index contributed by atoms with van der Waals surface area (Å²) in [4.78, 5) is 22.5. The van der Waals surface area contributed by atoms with Crippen molar-refractivity contribution in [2.45, 2.75) is 18.9 Å². The summed E-state index contributed by atoms with van der Waals surface area (Å²) in [5.74, 6) is -1.09. The minimum absolute atomic E-state index is 0.0147. The highest BCUT2D eigenvalue weighted by Crippen LogP contribution is 2.44. The Balaban J connectivity index is 2.16. The molecule has 1 aliphatic heterocycles. The van der Waals surface area contributed by atoms with Gasteiger partial charge in [-0.25, -0.2) is 0 Å². The molecule has 2 aliphatic rings. The molecule has 1 saturated heterocycles. The Morgan fingerprint density at radius 1 is 1.67 bits per heavy atom. The van der Waals surface area contributed by atoms with E-state index >= 15 is 0 Å². The van der Waals surface area contributed by atoms with Crippen LogP contribution in [0.4, 0.5) is 0 Å². The second-order valence-electron chi connectivity index (χ2n) is 4.01. The van der Waals surface area contributed by atoms with Crippen molar-refractivity contribution in [1.82, 2.24) is 0 Å². The highest BCUT2D eigenvalue weighted by Gasteiger charge is 2.52. The molecule has 2 rings (SSSR count). The van der Waals surface area contributed by atoms with Crippen LogP contribution in [0.3, 0.4) is 0 Å². The smallest absolute Gasteiger partial charge is 0.309 e. The molecule has 1 saturated carbocycles. The van der Waals surface area contributed by atoms with E-state index in [0.717, 1.165) is 0 Å². The van der Waals surface area contributed by atoms with Crippen molar-refractivity contribution in [1.29, 1.82) is 5.41 Å². The van der Waals surface area contributed by atoms with E-state index in [9.17, 15) is 9.59 Å². The molecular weight excluding hydrogens is 198 g/mol. The normalized spacial score (nSPS) is 38.3. The number of nitrogens with one attached hydrogen (secondary N) is 1. The Morgan fingerprint density at radius 2 is 2.40 bits per heavy atom. The summed E-state index contributed by atoms with van der Waals surface area (Å²) >= 11 is 0. The molecule has 5 heteroatoms. The van der Waals surface area contributed by atoms with Gasteiger partial charge in [-0.2, -0.15) is 0 Å². The average Bonchev–Trinajstić information content (AvgIpc) is 2.71. The van der Waals surface area contributed by atoms with Crippen LogP contribution < -0.4 is 0 Å². The van der Waals surface area contributed by atoms with Gasteiger partial charge < -0.3 is 14.9 Å². The van der Waals surface area contributed by atoms with Gasteiger partial charge in [0.05, 0.1) is 19.4 Å². The van der Waals surface area contributed by atoms with E-state index in [-0.39, 0.29) is 35.8 Å². The molecule has 4 unspecified atom stereocenters.